The fourth-order valence-electron chi connectivity index (χ4n) is 2.80. The van der Waals surface area contributed by atoms with Crippen LogP contribution in [0.5, 0.6) is 11.5 Å². The molecule has 0 aromatic heterocycles. The van der Waals surface area contributed by atoms with Crippen LogP contribution in [0, 0.1) is 0 Å². The quantitative estimate of drug-likeness (QED) is 0.533. The van der Waals surface area contributed by atoms with Crippen LogP contribution in [0.4, 0.5) is 0 Å². The molecule has 8 nitrogen and oxygen atoms in total. The van der Waals surface area contributed by atoms with Gasteiger partial charge in [0.1, 0.15) is 18.1 Å². The molecule has 1 aromatic carbocycles. The van der Waals surface area contributed by atoms with Crippen LogP contribution < -0.4 is 14.8 Å². The Bertz CT molecular complexity index is 732. The van der Waals surface area contributed by atoms with E-state index in [1.54, 1.807) is 38.3 Å². The van der Waals surface area contributed by atoms with Crippen molar-refractivity contribution >= 4 is 21.7 Å². The average molecular weight is 384 g/mol. The van der Waals surface area contributed by atoms with E-state index in [2.05, 4.69) is 5.32 Å². The predicted molar refractivity (Wildman–Crippen MR) is 95.9 cm³/mol. The number of nitrogens with zero attached hydrogens (tertiary/aromatic N) is 1. The minimum Gasteiger partial charge on any atom is -0.497 e. The number of rotatable bonds is 7. The summed E-state index contributed by atoms with van der Waals surface area (Å²) in [7, 11) is -1.55. The summed E-state index contributed by atoms with van der Waals surface area (Å²) < 4.78 is 33.7. The molecule has 1 heterocycles. The summed E-state index contributed by atoms with van der Waals surface area (Å²) in [5.74, 6) is -0.157. The number of carbonyl (C=O) groups excluding carboxylic acids is 2. The van der Waals surface area contributed by atoms with Crippen molar-refractivity contribution in [3.05, 3.63) is 24.3 Å². The SMILES string of the molecule is CCN(C(=O)C(=O)NCCOc1ccc(OC)cc1)C1CCS(=O)(=O)C1. The number of nitrogens with one attached hydrogen (secondary N) is 1. The van der Waals surface area contributed by atoms with Crippen molar-refractivity contribution in [3.8, 4) is 11.5 Å². The molecular weight excluding hydrogens is 360 g/mol. The largest absolute Gasteiger partial charge is 0.497 e. The first-order chi connectivity index (χ1) is 12.4. The lowest BCUT2D eigenvalue weighted by Gasteiger charge is -2.26. The number of methoxy groups -OCH3 is 1. The monoisotopic (exact) mass is 384 g/mol. The van der Waals surface area contributed by atoms with E-state index in [0.29, 0.717) is 17.9 Å². The van der Waals surface area contributed by atoms with Crippen molar-refractivity contribution in [1.82, 2.24) is 10.2 Å². The third-order valence-corrected chi connectivity index (χ3v) is 5.91. The van der Waals surface area contributed by atoms with Gasteiger partial charge in [-0.2, -0.15) is 0 Å². The number of sulfone groups is 1. The summed E-state index contributed by atoms with van der Waals surface area (Å²) >= 11 is 0. The molecule has 0 radical (unpaired) electrons. The molecule has 0 spiro atoms. The predicted octanol–water partition coefficient (Wildman–Crippen LogP) is 0.226. The van der Waals surface area contributed by atoms with E-state index in [1.165, 1.54) is 4.90 Å². The highest BCUT2D eigenvalue weighted by molar-refractivity contribution is 7.91. The van der Waals surface area contributed by atoms with Gasteiger partial charge in [-0.05, 0) is 37.6 Å². The summed E-state index contributed by atoms with van der Waals surface area (Å²) in [6, 6.07) is 6.56. The minimum atomic E-state index is -3.12. The number of amides is 2. The molecule has 1 aliphatic heterocycles. The van der Waals surface area contributed by atoms with Gasteiger partial charge in [-0.15, -0.1) is 0 Å². The van der Waals surface area contributed by atoms with Gasteiger partial charge in [0.2, 0.25) is 0 Å². The summed E-state index contributed by atoms with van der Waals surface area (Å²) in [4.78, 5) is 25.6. The minimum absolute atomic E-state index is 0.0543. The highest BCUT2D eigenvalue weighted by Crippen LogP contribution is 2.18. The molecule has 0 aliphatic carbocycles. The lowest BCUT2D eigenvalue weighted by molar-refractivity contribution is -0.147. The summed E-state index contributed by atoms with van der Waals surface area (Å²) in [6.07, 6.45) is 0.371. The maximum absolute atomic E-state index is 12.3. The van der Waals surface area contributed by atoms with E-state index in [4.69, 9.17) is 9.47 Å². The van der Waals surface area contributed by atoms with Gasteiger partial charge < -0.3 is 19.7 Å². The molecule has 1 fully saturated rings. The second-order valence-electron chi connectivity index (χ2n) is 5.93. The van der Waals surface area contributed by atoms with Crippen LogP contribution in [0.2, 0.25) is 0 Å². The van der Waals surface area contributed by atoms with Gasteiger partial charge in [0.25, 0.3) is 0 Å². The Morgan fingerprint density at radius 1 is 1.23 bits per heavy atom. The molecule has 2 rings (SSSR count). The fraction of sp³-hybridized carbons (Fsp3) is 0.529. The number of ether oxygens (including phenoxy) is 2. The van der Waals surface area contributed by atoms with Gasteiger partial charge in [0.15, 0.2) is 9.84 Å². The molecule has 9 heteroatoms. The Labute approximate surface area is 153 Å². The van der Waals surface area contributed by atoms with E-state index in [9.17, 15) is 18.0 Å². The van der Waals surface area contributed by atoms with E-state index >= 15 is 0 Å². The van der Waals surface area contributed by atoms with Crippen LogP contribution in [0.15, 0.2) is 24.3 Å². The zero-order valence-electron chi connectivity index (χ0n) is 14.9. The highest BCUT2D eigenvalue weighted by Gasteiger charge is 2.35. The molecule has 1 unspecified atom stereocenters. The van der Waals surface area contributed by atoms with Crippen molar-refractivity contribution in [1.29, 1.82) is 0 Å². The van der Waals surface area contributed by atoms with Crippen molar-refractivity contribution in [3.63, 3.8) is 0 Å². The number of hydrogen-bond acceptors (Lipinski definition) is 6. The fourth-order valence-corrected chi connectivity index (χ4v) is 4.53. The maximum atomic E-state index is 12.3. The lowest BCUT2D eigenvalue weighted by atomic mass is 10.2. The van der Waals surface area contributed by atoms with Gasteiger partial charge in [0.05, 0.1) is 25.2 Å². The van der Waals surface area contributed by atoms with Crippen molar-refractivity contribution in [2.45, 2.75) is 19.4 Å². The molecular formula is C17H24N2O6S. The Morgan fingerprint density at radius 2 is 1.88 bits per heavy atom. The van der Waals surface area contributed by atoms with Gasteiger partial charge in [-0.3, -0.25) is 9.59 Å². The van der Waals surface area contributed by atoms with Crippen molar-refractivity contribution < 1.29 is 27.5 Å². The van der Waals surface area contributed by atoms with Crippen LogP contribution in [0.3, 0.4) is 0 Å². The van der Waals surface area contributed by atoms with Gasteiger partial charge in [-0.1, -0.05) is 0 Å². The van der Waals surface area contributed by atoms with E-state index in [1.807, 2.05) is 0 Å². The molecule has 1 N–H and O–H groups in total. The Kier molecular flexibility index (Phi) is 6.84. The molecule has 1 saturated heterocycles. The second kappa shape index (κ2) is 8.88. The molecule has 26 heavy (non-hydrogen) atoms. The topological polar surface area (TPSA) is 102 Å². The molecule has 1 aliphatic rings. The standard InChI is InChI=1S/C17H24N2O6S/c1-3-19(13-8-11-26(22,23)12-13)17(21)16(20)18-9-10-25-15-6-4-14(24-2)5-7-15/h4-7,13H,3,8-12H2,1-2H3,(H,18,20). The number of benzene rings is 1. The Morgan fingerprint density at radius 3 is 2.42 bits per heavy atom. The van der Waals surface area contributed by atoms with Gasteiger partial charge >= 0.3 is 11.8 Å². The third-order valence-electron chi connectivity index (χ3n) is 4.16. The summed E-state index contributed by atoms with van der Waals surface area (Å²) in [5.41, 5.74) is 0. The number of likely N-dealkylation sites (N-methyl/N-ethyl adjacent to an activating group) is 1. The molecule has 0 bridgehead atoms. The molecule has 2 amide bonds. The molecule has 1 atom stereocenters. The van der Waals surface area contributed by atoms with Gasteiger partial charge in [-0.25, -0.2) is 8.42 Å². The van der Waals surface area contributed by atoms with E-state index in [-0.39, 0.29) is 31.2 Å². The zero-order chi connectivity index (χ0) is 19.2. The third kappa shape index (κ3) is 5.35. The molecule has 144 valence electrons. The first kappa shape index (κ1) is 20.0. The number of hydrogen-bond donors (Lipinski definition) is 1. The van der Waals surface area contributed by atoms with Crippen LogP contribution in [-0.2, 0) is 19.4 Å². The normalized spacial score (nSPS) is 18.2. The van der Waals surface area contributed by atoms with Gasteiger partial charge in [0, 0.05) is 12.6 Å². The summed E-state index contributed by atoms with van der Waals surface area (Å²) in [6.45, 7) is 2.38. The van der Waals surface area contributed by atoms with Crippen molar-refractivity contribution in [2.75, 3.05) is 38.3 Å². The number of carbonyl (C=O) groups is 2. The lowest BCUT2D eigenvalue weighted by Crippen LogP contribution is -2.48. The molecule has 0 saturated carbocycles. The summed E-state index contributed by atoms with van der Waals surface area (Å²) in [5, 5.41) is 2.50. The van der Waals surface area contributed by atoms with Crippen LogP contribution in [0.1, 0.15) is 13.3 Å². The first-order valence-electron chi connectivity index (χ1n) is 8.42. The van der Waals surface area contributed by atoms with Crippen molar-refractivity contribution in [2.24, 2.45) is 0 Å². The van der Waals surface area contributed by atoms with Crippen LogP contribution in [0.25, 0.3) is 0 Å². The Hall–Kier alpha value is -2.29. The van der Waals surface area contributed by atoms with Crippen LogP contribution in [-0.4, -0.2) is 69.5 Å². The zero-order valence-corrected chi connectivity index (χ0v) is 15.8. The first-order valence-corrected chi connectivity index (χ1v) is 10.2. The maximum Gasteiger partial charge on any atom is 0.312 e. The molecule has 1 aromatic rings. The Balaban J connectivity index is 1.77. The highest BCUT2D eigenvalue weighted by atomic mass is 32.2. The van der Waals surface area contributed by atoms with E-state index < -0.39 is 27.7 Å². The second-order valence-corrected chi connectivity index (χ2v) is 8.16. The smallest absolute Gasteiger partial charge is 0.312 e. The van der Waals surface area contributed by atoms with Crippen LogP contribution >= 0.6 is 0 Å². The average Bonchev–Trinajstić information content (AvgIpc) is 2.99. The van der Waals surface area contributed by atoms with E-state index in [0.717, 1.165) is 0 Å².